The smallest absolute Gasteiger partial charge is 0.312 e. The molecule has 48 heavy (non-hydrogen) atoms. The standard InChI is InChI=1S/C32H42ClN7O8/c33-18-26(41)37-23(12-13-27(42)43)31(47)40-15-4-3-9-25(40)30(46)39-24(17-19-10-11-20-6-1-2-7-21(20)16-19)29(45)38-22(28(34)44)8-5-14-36-32(35)48/h1-2,6-7,10-11,16,22-25H,3-5,8-9,12-15,17-18H2,(H2,34,44)(H,37,41)(H,38,45)(H,39,46)(H,42,43)(H3,35,36,48)/t22-,23-,24-,25-/m0/s1. The first kappa shape index (κ1) is 37.5. The molecule has 3 rings (SSSR count). The third kappa shape index (κ3) is 11.4. The number of carbonyl (C=O) groups excluding carboxylic acids is 6. The van der Waals surface area contributed by atoms with Crippen LogP contribution in [0.3, 0.4) is 0 Å². The molecule has 1 aliphatic rings. The number of likely N-dealkylation sites (tertiary alicyclic amines) is 1. The first-order valence-electron chi connectivity index (χ1n) is 15.7. The Morgan fingerprint density at radius 1 is 0.896 bits per heavy atom. The molecule has 16 heteroatoms. The Morgan fingerprint density at radius 3 is 2.29 bits per heavy atom. The number of alkyl halides is 1. The molecule has 0 spiro atoms. The Balaban J connectivity index is 1.85. The molecule has 260 valence electrons. The van der Waals surface area contributed by atoms with Crippen LogP contribution in [-0.2, 0) is 35.2 Å². The summed E-state index contributed by atoms with van der Waals surface area (Å²) in [4.78, 5) is 89.0. The highest BCUT2D eigenvalue weighted by atomic mass is 35.5. The van der Waals surface area contributed by atoms with Gasteiger partial charge in [-0.15, -0.1) is 11.6 Å². The molecule has 15 nitrogen and oxygen atoms in total. The molecular formula is C32H42ClN7O8. The summed E-state index contributed by atoms with van der Waals surface area (Å²) in [5.74, 6) is -5.05. The number of benzene rings is 2. The van der Waals surface area contributed by atoms with E-state index in [1.807, 2.05) is 42.5 Å². The number of primary amides is 2. The van der Waals surface area contributed by atoms with Gasteiger partial charge in [-0.05, 0) is 54.9 Å². The third-order valence-electron chi connectivity index (χ3n) is 8.01. The number of nitrogens with zero attached hydrogens (tertiary/aromatic N) is 1. The van der Waals surface area contributed by atoms with E-state index < -0.39 is 78.0 Å². The van der Waals surface area contributed by atoms with Gasteiger partial charge in [0.25, 0.3) is 0 Å². The molecule has 0 saturated carbocycles. The molecule has 4 atom stereocenters. The first-order chi connectivity index (χ1) is 22.9. The summed E-state index contributed by atoms with van der Waals surface area (Å²) in [6.45, 7) is 0.318. The van der Waals surface area contributed by atoms with Crippen molar-refractivity contribution >= 4 is 63.9 Å². The number of piperidine rings is 1. The minimum Gasteiger partial charge on any atom is -0.481 e. The number of rotatable bonds is 17. The monoisotopic (exact) mass is 687 g/mol. The van der Waals surface area contributed by atoms with E-state index in [-0.39, 0.29) is 45.2 Å². The van der Waals surface area contributed by atoms with Crippen molar-refractivity contribution in [3.8, 4) is 0 Å². The largest absolute Gasteiger partial charge is 0.481 e. The number of hydrogen-bond donors (Lipinski definition) is 7. The summed E-state index contributed by atoms with van der Waals surface area (Å²) < 4.78 is 0. The van der Waals surface area contributed by atoms with Crippen LogP contribution in [0, 0.1) is 0 Å². The van der Waals surface area contributed by atoms with Crippen LogP contribution in [0.25, 0.3) is 10.8 Å². The van der Waals surface area contributed by atoms with Crippen molar-refractivity contribution < 1.29 is 38.7 Å². The number of carboxylic acids is 1. The van der Waals surface area contributed by atoms with Crippen molar-refractivity contribution in [1.82, 2.24) is 26.2 Å². The maximum absolute atomic E-state index is 13.9. The molecule has 0 unspecified atom stereocenters. The van der Waals surface area contributed by atoms with Gasteiger partial charge < -0.3 is 42.7 Å². The third-order valence-corrected chi connectivity index (χ3v) is 8.25. The van der Waals surface area contributed by atoms with Crippen LogP contribution in [0.4, 0.5) is 4.79 Å². The first-order valence-corrected chi connectivity index (χ1v) is 16.2. The molecule has 0 aliphatic carbocycles. The van der Waals surface area contributed by atoms with E-state index in [9.17, 15) is 38.7 Å². The summed E-state index contributed by atoms with van der Waals surface area (Å²) in [5, 5.41) is 21.3. The van der Waals surface area contributed by atoms with Crippen LogP contribution >= 0.6 is 11.6 Å². The van der Waals surface area contributed by atoms with Gasteiger partial charge in [0, 0.05) is 25.9 Å². The SMILES string of the molecule is NC(=O)NCCC[C@H](NC(=O)[C@H](Cc1ccc2ccccc2c1)NC(=O)[C@@H]1CCCCN1C(=O)[C@H](CCC(=O)O)NC(=O)CCl)C(N)=O. The number of hydrogen-bond acceptors (Lipinski definition) is 7. The second-order valence-corrected chi connectivity index (χ2v) is 11.8. The fourth-order valence-electron chi connectivity index (χ4n) is 5.58. The summed E-state index contributed by atoms with van der Waals surface area (Å²) >= 11 is 5.61. The second kappa shape index (κ2) is 18.4. The average molecular weight is 688 g/mol. The minimum atomic E-state index is -1.22. The highest BCUT2D eigenvalue weighted by molar-refractivity contribution is 6.27. The van der Waals surface area contributed by atoms with Crippen LogP contribution in [0.2, 0.25) is 0 Å². The predicted molar refractivity (Wildman–Crippen MR) is 176 cm³/mol. The molecule has 9 N–H and O–H groups in total. The molecule has 7 amide bonds. The molecule has 2 aromatic carbocycles. The lowest BCUT2D eigenvalue weighted by atomic mass is 9.97. The quantitative estimate of drug-likeness (QED) is 0.0896. The zero-order chi connectivity index (χ0) is 35.2. The van der Waals surface area contributed by atoms with Crippen molar-refractivity contribution in [2.45, 2.75) is 75.5 Å². The van der Waals surface area contributed by atoms with Crippen LogP contribution < -0.4 is 32.7 Å². The second-order valence-electron chi connectivity index (χ2n) is 11.6. The Morgan fingerprint density at radius 2 is 1.62 bits per heavy atom. The number of halogens is 1. The average Bonchev–Trinajstić information content (AvgIpc) is 3.06. The van der Waals surface area contributed by atoms with Gasteiger partial charge in [0.15, 0.2) is 0 Å². The molecular weight excluding hydrogens is 646 g/mol. The van der Waals surface area contributed by atoms with E-state index in [0.717, 1.165) is 10.8 Å². The van der Waals surface area contributed by atoms with E-state index in [4.69, 9.17) is 23.1 Å². The molecule has 0 aromatic heterocycles. The molecule has 1 aliphatic heterocycles. The molecule has 0 radical (unpaired) electrons. The maximum Gasteiger partial charge on any atom is 0.312 e. The van der Waals surface area contributed by atoms with Gasteiger partial charge in [0.2, 0.25) is 29.5 Å². The van der Waals surface area contributed by atoms with Crippen LogP contribution in [0.1, 0.15) is 50.5 Å². The lowest BCUT2D eigenvalue weighted by Crippen LogP contribution is -2.60. The predicted octanol–water partition coefficient (Wildman–Crippen LogP) is 0.255. The summed E-state index contributed by atoms with van der Waals surface area (Å²) in [5.41, 5.74) is 11.3. The van der Waals surface area contributed by atoms with Crippen molar-refractivity contribution in [1.29, 1.82) is 0 Å². The number of nitrogens with one attached hydrogen (secondary N) is 4. The van der Waals surface area contributed by atoms with Gasteiger partial charge in [0.1, 0.15) is 30.0 Å². The fraction of sp³-hybridized carbons (Fsp3) is 0.469. The lowest BCUT2D eigenvalue weighted by Gasteiger charge is -2.37. The number of carboxylic acid groups (broad SMARTS) is 1. The van der Waals surface area contributed by atoms with E-state index in [2.05, 4.69) is 21.3 Å². The van der Waals surface area contributed by atoms with Crippen LogP contribution in [0.5, 0.6) is 0 Å². The number of urea groups is 1. The van der Waals surface area contributed by atoms with Gasteiger partial charge in [-0.2, -0.15) is 0 Å². The van der Waals surface area contributed by atoms with Crippen molar-refractivity contribution in [2.75, 3.05) is 19.0 Å². The summed E-state index contributed by atoms with van der Waals surface area (Å²) in [7, 11) is 0. The topological polar surface area (TPSA) is 243 Å². The van der Waals surface area contributed by atoms with Crippen LogP contribution in [-0.4, -0.2) is 94.7 Å². The van der Waals surface area contributed by atoms with Gasteiger partial charge in [-0.25, -0.2) is 4.79 Å². The van der Waals surface area contributed by atoms with E-state index in [0.29, 0.717) is 18.4 Å². The highest BCUT2D eigenvalue weighted by Crippen LogP contribution is 2.21. The Labute approximate surface area is 282 Å². The number of fused-ring (bicyclic) bond motifs is 1. The minimum absolute atomic E-state index is 0.0325. The Kier molecular flexibility index (Phi) is 14.4. The molecule has 1 heterocycles. The number of aliphatic carboxylic acids is 1. The number of carbonyl (C=O) groups is 7. The maximum atomic E-state index is 13.9. The molecule has 2 aromatic rings. The van der Waals surface area contributed by atoms with Crippen molar-refractivity contribution in [3.63, 3.8) is 0 Å². The Hall–Kier alpha value is -4.92. The van der Waals surface area contributed by atoms with Gasteiger partial charge >= 0.3 is 12.0 Å². The van der Waals surface area contributed by atoms with Gasteiger partial charge in [-0.3, -0.25) is 28.8 Å². The van der Waals surface area contributed by atoms with E-state index >= 15 is 0 Å². The number of nitrogens with two attached hydrogens (primary N) is 2. The summed E-state index contributed by atoms with van der Waals surface area (Å²) in [6, 6.07) is 7.90. The molecule has 1 fully saturated rings. The fourth-order valence-corrected chi connectivity index (χ4v) is 5.66. The van der Waals surface area contributed by atoms with Gasteiger partial charge in [0.05, 0.1) is 0 Å². The number of amides is 7. The molecule has 1 saturated heterocycles. The highest BCUT2D eigenvalue weighted by Gasteiger charge is 2.38. The lowest BCUT2D eigenvalue weighted by molar-refractivity contribution is -0.146. The van der Waals surface area contributed by atoms with E-state index in [1.54, 1.807) is 0 Å². The zero-order valence-electron chi connectivity index (χ0n) is 26.4. The Bertz CT molecular complexity index is 1510. The zero-order valence-corrected chi connectivity index (χ0v) is 27.2. The normalized spacial score (nSPS) is 16.2. The van der Waals surface area contributed by atoms with Crippen molar-refractivity contribution in [3.05, 3.63) is 48.0 Å². The van der Waals surface area contributed by atoms with Gasteiger partial charge in [-0.1, -0.05) is 42.5 Å². The summed E-state index contributed by atoms with van der Waals surface area (Å²) in [6.07, 6.45) is 1.21. The van der Waals surface area contributed by atoms with Crippen LogP contribution in [0.15, 0.2) is 42.5 Å². The van der Waals surface area contributed by atoms with E-state index in [1.165, 1.54) is 4.90 Å². The molecule has 0 bridgehead atoms. The van der Waals surface area contributed by atoms with Crippen molar-refractivity contribution in [2.24, 2.45) is 11.5 Å².